The van der Waals surface area contributed by atoms with Gasteiger partial charge < -0.3 is 18.0 Å². The van der Waals surface area contributed by atoms with Gasteiger partial charge in [-0.2, -0.15) is 0 Å². The predicted octanol–water partition coefficient (Wildman–Crippen LogP) is -0.634. The number of nitrogens with two attached hydrogens (primary N) is 1. The van der Waals surface area contributed by atoms with Crippen molar-refractivity contribution in [1.82, 2.24) is 5.32 Å². The molecule has 0 rings (SSSR count). The monoisotopic (exact) mass is 135 g/mol. The molecule has 0 bridgehead atoms. The van der Waals surface area contributed by atoms with Gasteiger partial charge in [0.25, 0.3) is 0 Å². The Labute approximate surface area is 59.7 Å². The minimum atomic E-state index is 0. The molecule has 0 spiro atoms. The van der Waals surface area contributed by atoms with Crippen LogP contribution in [0.5, 0.6) is 0 Å². The second kappa shape index (κ2) is 9.81. The van der Waals surface area contributed by atoms with E-state index in [-0.39, 0.29) is 21.7 Å². The van der Waals surface area contributed by atoms with Crippen molar-refractivity contribution in [2.45, 2.75) is 0 Å². The van der Waals surface area contributed by atoms with Crippen molar-refractivity contribution in [3.63, 3.8) is 0 Å². The maximum absolute atomic E-state index is 5.12. The molecule has 3 heteroatoms. The fraction of sp³-hybridized carbons (Fsp3) is 0.750. The zero-order chi connectivity index (χ0) is 4.83. The second-order valence-corrected chi connectivity index (χ2v) is 1.04. The molecule has 3 N–H and O–H groups in total. The van der Waals surface area contributed by atoms with E-state index in [4.69, 9.17) is 5.73 Å². The zero-order valence-electron chi connectivity index (χ0n) is 4.41. The van der Waals surface area contributed by atoms with E-state index in [2.05, 4.69) is 12.2 Å². The van der Waals surface area contributed by atoms with Gasteiger partial charge in [-0.3, -0.25) is 0 Å². The molecule has 0 saturated heterocycles. The molecule has 0 aromatic heterocycles. The molecule has 0 saturated carbocycles. The minimum absolute atomic E-state index is 0. The van der Waals surface area contributed by atoms with E-state index >= 15 is 0 Å². The van der Waals surface area contributed by atoms with Gasteiger partial charge in [-0.15, -0.1) is 6.54 Å². The molecule has 0 atom stereocenters. The topological polar surface area (TPSA) is 38.0 Å². The molecule has 0 heterocycles. The molecule has 2 nitrogen and oxygen atoms in total. The summed E-state index contributed by atoms with van der Waals surface area (Å²) in [5.41, 5.74) is 5.12. The molecule has 0 aliphatic carbocycles. The third-order valence-corrected chi connectivity index (χ3v) is 0.498. The SMILES string of the molecule is [CH2-]CNCCN.[Ti]. The number of rotatable bonds is 3. The van der Waals surface area contributed by atoms with Gasteiger partial charge in [0, 0.05) is 34.8 Å². The first-order chi connectivity index (χ1) is 2.91. The van der Waals surface area contributed by atoms with E-state index < -0.39 is 0 Å². The van der Waals surface area contributed by atoms with E-state index in [0.29, 0.717) is 6.54 Å². The number of nitrogens with one attached hydrogen (secondary N) is 1. The van der Waals surface area contributed by atoms with Gasteiger partial charge in [0.1, 0.15) is 0 Å². The van der Waals surface area contributed by atoms with E-state index in [0.717, 1.165) is 13.1 Å². The first-order valence-electron chi connectivity index (χ1n) is 2.12. The Kier molecular flexibility index (Phi) is 14.8. The molecule has 0 radical (unpaired) electrons. The van der Waals surface area contributed by atoms with Crippen LogP contribution in [0.1, 0.15) is 0 Å². The average molecular weight is 135 g/mol. The molecule has 0 aromatic carbocycles. The fourth-order valence-electron chi connectivity index (χ4n) is 0.227. The van der Waals surface area contributed by atoms with Gasteiger partial charge in [-0.1, -0.05) is 0 Å². The Bertz CT molecular complexity index is 21.7. The van der Waals surface area contributed by atoms with E-state index in [1.165, 1.54) is 0 Å². The van der Waals surface area contributed by atoms with Crippen molar-refractivity contribution in [3.05, 3.63) is 6.92 Å². The van der Waals surface area contributed by atoms with Crippen molar-refractivity contribution in [3.8, 4) is 0 Å². The molecule has 0 aromatic rings. The summed E-state index contributed by atoms with van der Waals surface area (Å²) in [6.45, 7) is 5.91. The molecule has 0 aliphatic rings. The molecule has 0 unspecified atom stereocenters. The summed E-state index contributed by atoms with van der Waals surface area (Å²) in [7, 11) is 0. The smallest absolute Gasteiger partial charge is 0.00473 e. The second-order valence-electron chi connectivity index (χ2n) is 1.04. The molecule has 0 amide bonds. The van der Waals surface area contributed by atoms with Crippen LogP contribution in [0.3, 0.4) is 0 Å². The van der Waals surface area contributed by atoms with Crippen LogP contribution in [0.15, 0.2) is 0 Å². The standard InChI is InChI=1S/C4H11N2.Ti/c1-2-6-4-3-5;/h6H,1-5H2;/q-1;. The van der Waals surface area contributed by atoms with E-state index in [1.54, 1.807) is 0 Å². The first kappa shape index (κ1) is 10.6. The zero-order valence-corrected chi connectivity index (χ0v) is 5.97. The third-order valence-electron chi connectivity index (χ3n) is 0.498. The summed E-state index contributed by atoms with van der Waals surface area (Å²) in [6.07, 6.45) is 0. The Morgan fingerprint density at radius 2 is 2.14 bits per heavy atom. The normalized spacial score (nSPS) is 7.71. The predicted molar refractivity (Wildman–Crippen MR) is 27.3 cm³/mol. The van der Waals surface area contributed by atoms with Crippen molar-refractivity contribution in [2.24, 2.45) is 5.73 Å². The van der Waals surface area contributed by atoms with Gasteiger partial charge in [-0.05, 0) is 0 Å². The van der Waals surface area contributed by atoms with Crippen LogP contribution in [0, 0.1) is 6.92 Å². The average Bonchev–Trinajstić information content (AvgIpc) is 1.61. The summed E-state index contributed by atoms with van der Waals surface area (Å²) in [5.74, 6) is 0. The summed E-state index contributed by atoms with van der Waals surface area (Å²) in [6, 6.07) is 0. The Morgan fingerprint density at radius 1 is 1.57 bits per heavy atom. The number of hydrogen-bond donors (Lipinski definition) is 2. The number of hydrogen-bond acceptors (Lipinski definition) is 2. The summed E-state index contributed by atoms with van der Waals surface area (Å²) >= 11 is 0. The fourth-order valence-corrected chi connectivity index (χ4v) is 0.227. The van der Waals surface area contributed by atoms with Crippen molar-refractivity contribution < 1.29 is 21.7 Å². The van der Waals surface area contributed by atoms with Gasteiger partial charge in [0.15, 0.2) is 0 Å². The van der Waals surface area contributed by atoms with Crippen LogP contribution < -0.4 is 11.1 Å². The molecule has 0 aliphatic heterocycles. The molecular weight excluding hydrogens is 124 g/mol. The quantitative estimate of drug-likeness (QED) is 0.307. The van der Waals surface area contributed by atoms with Crippen LogP contribution in [-0.4, -0.2) is 19.6 Å². The Morgan fingerprint density at radius 3 is 2.29 bits per heavy atom. The van der Waals surface area contributed by atoms with Gasteiger partial charge in [-0.25, -0.2) is 0 Å². The summed E-state index contributed by atoms with van der Waals surface area (Å²) < 4.78 is 0. The first-order valence-corrected chi connectivity index (χ1v) is 2.12. The van der Waals surface area contributed by atoms with E-state index in [1.807, 2.05) is 0 Å². The molecule has 7 heavy (non-hydrogen) atoms. The summed E-state index contributed by atoms with van der Waals surface area (Å²) in [5, 5.41) is 2.96. The summed E-state index contributed by atoms with van der Waals surface area (Å²) in [4.78, 5) is 0. The van der Waals surface area contributed by atoms with Gasteiger partial charge in [0.05, 0.1) is 0 Å². The van der Waals surface area contributed by atoms with Crippen molar-refractivity contribution >= 4 is 0 Å². The minimum Gasteiger partial charge on any atom is -0.345 e. The van der Waals surface area contributed by atoms with Crippen LogP contribution in [0.4, 0.5) is 0 Å². The Balaban J connectivity index is 0. The maximum Gasteiger partial charge on any atom is 0.00473 e. The molecular formula is C4H11N2Ti-. The van der Waals surface area contributed by atoms with Crippen molar-refractivity contribution in [1.29, 1.82) is 0 Å². The Hall–Kier alpha value is 0.634. The van der Waals surface area contributed by atoms with E-state index in [9.17, 15) is 0 Å². The molecule has 42 valence electrons. The van der Waals surface area contributed by atoms with Crippen LogP contribution in [0.25, 0.3) is 0 Å². The van der Waals surface area contributed by atoms with Crippen LogP contribution in [0.2, 0.25) is 0 Å². The van der Waals surface area contributed by atoms with Gasteiger partial charge >= 0.3 is 0 Å². The van der Waals surface area contributed by atoms with Gasteiger partial charge in [0.2, 0.25) is 0 Å². The van der Waals surface area contributed by atoms with Crippen LogP contribution >= 0.6 is 0 Å². The largest absolute Gasteiger partial charge is 0.345 e. The molecule has 0 fully saturated rings. The van der Waals surface area contributed by atoms with Crippen LogP contribution in [-0.2, 0) is 21.7 Å². The van der Waals surface area contributed by atoms with Crippen molar-refractivity contribution in [2.75, 3.05) is 19.6 Å². The third kappa shape index (κ3) is 10.8. The maximum atomic E-state index is 5.12.